The third kappa shape index (κ3) is 2.46. The second-order valence-electron chi connectivity index (χ2n) is 7.38. The van der Waals surface area contributed by atoms with Gasteiger partial charge in [0.05, 0.1) is 22.6 Å². The lowest BCUT2D eigenvalue weighted by Gasteiger charge is -2.28. The topological polar surface area (TPSA) is 103 Å². The van der Waals surface area contributed by atoms with Gasteiger partial charge in [0.1, 0.15) is 17.9 Å². The lowest BCUT2D eigenvalue weighted by molar-refractivity contribution is -0.717. The first-order valence-corrected chi connectivity index (χ1v) is 9.20. The summed E-state index contributed by atoms with van der Waals surface area (Å²) in [7, 11) is 0. The van der Waals surface area contributed by atoms with E-state index in [1.165, 1.54) is 6.26 Å². The summed E-state index contributed by atoms with van der Waals surface area (Å²) in [4.78, 5) is 28.2. The summed E-state index contributed by atoms with van der Waals surface area (Å²) in [6.07, 6.45) is 1.80. The van der Waals surface area contributed by atoms with Crippen LogP contribution < -0.4 is 15.9 Å². The number of hydrogen-bond acceptors (Lipinski definition) is 4. The van der Waals surface area contributed by atoms with Crippen LogP contribution in [-0.4, -0.2) is 17.0 Å². The molecule has 3 heterocycles. The summed E-state index contributed by atoms with van der Waals surface area (Å²) in [6, 6.07) is 11.9. The Morgan fingerprint density at radius 3 is 2.86 bits per heavy atom. The lowest BCUT2D eigenvalue weighted by atomic mass is 9.90. The van der Waals surface area contributed by atoms with Gasteiger partial charge in [0.2, 0.25) is 5.43 Å². The first-order valence-electron chi connectivity index (χ1n) is 9.20. The monoisotopic (exact) mass is 374 g/mol. The van der Waals surface area contributed by atoms with E-state index in [-0.39, 0.29) is 5.43 Å². The summed E-state index contributed by atoms with van der Waals surface area (Å²) in [5, 5.41) is 14.8. The number of carboxylic acid groups (broad SMARTS) is 1. The number of H-pyrrole nitrogens is 1. The zero-order valence-corrected chi connectivity index (χ0v) is 15.2. The molecule has 0 aliphatic carbocycles. The molecule has 2 aromatic heterocycles. The van der Waals surface area contributed by atoms with Crippen LogP contribution in [0.3, 0.4) is 0 Å². The maximum absolute atomic E-state index is 13.2. The van der Waals surface area contributed by atoms with Crippen LogP contribution in [0.4, 0.5) is 0 Å². The average molecular weight is 374 g/mol. The van der Waals surface area contributed by atoms with E-state index in [0.29, 0.717) is 23.0 Å². The van der Waals surface area contributed by atoms with E-state index in [4.69, 9.17) is 4.42 Å². The molecule has 2 aromatic carbocycles. The van der Waals surface area contributed by atoms with Gasteiger partial charge in [0.15, 0.2) is 6.04 Å². The summed E-state index contributed by atoms with van der Waals surface area (Å²) in [5.74, 6) is -1.14. The number of benzene rings is 2. The number of nitrogens with one attached hydrogen (secondary N) is 1. The number of hydrogen-bond donors (Lipinski definition) is 2. The number of aliphatic carboxylic acids is 1. The summed E-state index contributed by atoms with van der Waals surface area (Å²) < 4.78 is 5.75. The van der Waals surface area contributed by atoms with Gasteiger partial charge in [-0.05, 0) is 36.2 Å². The van der Waals surface area contributed by atoms with Gasteiger partial charge >= 0.3 is 0 Å². The van der Waals surface area contributed by atoms with Gasteiger partial charge in [-0.3, -0.25) is 4.79 Å². The SMILES string of the molecule is Cc1ccc2c(=O)c([C@@H]3[NH2+][C@@H](C(=O)[O-])Cc4c3[nH]c3ccccc43)coc2c1. The molecule has 3 N–H and O–H groups in total. The Kier molecular flexibility index (Phi) is 3.64. The number of rotatable bonds is 2. The van der Waals surface area contributed by atoms with Crippen molar-refractivity contribution in [3.8, 4) is 0 Å². The quantitative estimate of drug-likeness (QED) is 0.544. The summed E-state index contributed by atoms with van der Waals surface area (Å²) in [5.41, 5.74) is 4.49. The number of carboxylic acids is 1. The molecule has 0 unspecified atom stereocenters. The third-order valence-corrected chi connectivity index (χ3v) is 5.60. The minimum atomic E-state index is -1.14. The molecule has 140 valence electrons. The van der Waals surface area contributed by atoms with E-state index in [9.17, 15) is 14.7 Å². The number of para-hydroxylation sites is 1. The number of aromatic nitrogens is 1. The van der Waals surface area contributed by atoms with Gasteiger partial charge < -0.3 is 24.6 Å². The molecule has 0 saturated heterocycles. The normalized spacial score (nSPS) is 19.0. The summed E-state index contributed by atoms with van der Waals surface area (Å²) >= 11 is 0. The van der Waals surface area contributed by atoms with Crippen LogP contribution in [0.1, 0.15) is 28.4 Å². The third-order valence-electron chi connectivity index (χ3n) is 5.60. The van der Waals surface area contributed by atoms with E-state index in [1.54, 1.807) is 11.4 Å². The molecule has 2 atom stereocenters. The van der Waals surface area contributed by atoms with Crippen LogP contribution in [0.15, 0.2) is 57.9 Å². The van der Waals surface area contributed by atoms with Crippen molar-refractivity contribution >= 4 is 27.8 Å². The second kappa shape index (κ2) is 6.07. The van der Waals surface area contributed by atoms with Crippen LogP contribution in [0.2, 0.25) is 0 Å². The Morgan fingerprint density at radius 1 is 1.21 bits per heavy atom. The number of aryl methyl sites for hydroxylation is 1. The van der Waals surface area contributed by atoms with E-state index in [0.717, 1.165) is 27.7 Å². The van der Waals surface area contributed by atoms with Gasteiger partial charge in [0.25, 0.3) is 0 Å². The van der Waals surface area contributed by atoms with E-state index in [1.807, 2.05) is 43.3 Å². The highest BCUT2D eigenvalue weighted by molar-refractivity contribution is 5.86. The smallest absolute Gasteiger partial charge is 0.202 e. The van der Waals surface area contributed by atoms with E-state index >= 15 is 0 Å². The molecular formula is C22H18N2O4. The predicted octanol–water partition coefficient (Wildman–Crippen LogP) is 0.910. The molecular weight excluding hydrogens is 356 g/mol. The van der Waals surface area contributed by atoms with Gasteiger partial charge in [-0.2, -0.15) is 0 Å². The van der Waals surface area contributed by atoms with E-state index < -0.39 is 18.1 Å². The van der Waals surface area contributed by atoms with Crippen molar-refractivity contribution in [2.45, 2.75) is 25.4 Å². The van der Waals surface area contributed by atoms with Crippen molar-refractivity contribution in [1.29, 1.82) is 0 Å². The van der Waals surface area contributed by atoms with Crippen molar-refractivity contribution in [2.24, 2.45) is 0 Å². The molecule has 0 saturated carbocycles. The Balaban J connectivity index is 1.75. The molecule has 0 amide bonds. The standard InChI is InChI=1S/C22H18N2O4/c1-11-6-7-13-18(8-11)28-10-15(21(13)25)20-19-14(9-17(24-20)22(26)27)12-4-2-3-5-16(12)23-19/h2-8,10,17,20,23-24H,9H2,1H3,(H,26,27)/t17-,20+/m1/s1. The number of aromatic amines is 1. The van der Waals surface area contributed by atoms with Crippen molar-refractivity contribution in [3.63, 3.8) is 0 Å². The van der Waals surface area contributed by atoms with Crippen LogP contribution >= 0.6 is 0 Å². The number of carbonyl (C=O) groups is 1. The van der Waals surface area contributed by atoms with Crippen LogP contribution in [-0.2, 0) is 11.2 Å². The Morgan fingerprint density at radius 2 is 2.04 bits per heavy atom. The first kappa shape index (κ1) is 16.8. The maximum atomic E-state index is 13.2. The van der Waals surface area contributed by atoms with Gasteiger partial charge in [-0.1, -0.05) is 24.3 Å². The van der Waals surface area contributed by atoms with Gasteiger partial charge in [-0.15, -0.1) is 0 Å². The highest BCUT2D eigenvalue weighted by Crippen LogP contribution is 2.31. The van der Waals surface area contributed by atoms with Crippen LogP contribution in [0.25, 0.3) is 21.9 Å². The molecule has 6 heteroatoms. The fourth-order valence-corrected chi connectivity index (χ4v) is 4.21. The maximum Gasteiger partial charge on any atom is 0.202 e. The van der Waals surface area contributed by atoms with Crippen LogP contribution in [0.5, 0.6) is 0 Å². The zero-order chi connectivity index (χ0) is 19.4. The molecule has 1 aliphatic rings. The lowest BCUT2D eigenvalue weighted by Crippen LogP contribution is -2.96. The van der Waals surface area contributed by atoms with Crippen molar-refractivity contribution < 1.29 is 19.6 Å². The number of quaternary nitrogens is 1. The Hall–Kier alpha value is -3.38. The van der Waals surface area contributed by atoms with Crippen LogP contribution in [0, 0.1) is 6.92 Å². The molecule has 0 spiro atoms. The zero-order valence-electron chi connectivity index (χ0n) is 15.2. The van der Waals surface area contributed by atoms with Gasteiger partial charge in [-0.25, -0.2) is 0 Å². The number of fused-ring (bicyclic) bond motifs is 4. The summed E-state index contributed by atoms with van der Waals surface area (Å²) in [6.45, 7) is 1.93. The molecule has 0 radical (unpaired) electrons. The molecule has 4 aromatic rings. The molecule has 0 fully saturated rings. The predicted molar refractivity (Wildman–Crippen MR) is 102 cm³/mol. The Labute approximate surface area is 159 Å². The number of carbonyl (C=O) groups excluding carboxylic acids is 1. The highest BCUT2D eigenvalue weighted by atomic mass is 16.4. The van der Waals surface area contributed by atoms with E-state index in [2.05, 4.69) is 4.98 Å². The molecule has 5 rings (SSSR count). The fourth-order valence-electron chi connectivity index (χ4n) is 4.21. The fraction of sp³-hybridized carbons (Fsp3) is 0.182. The van der Waals surface area contributed by atoms with Crippen molar-refractivity contribution in [2.75, 3.05) is 0 Å². The molecule has 0 bridgehead atoms. The molecule has 6 nitrogen and oxygen atoms in total. The second-order valence-corrected chi connectivity index (χ2v) is 7.38. The minimum Gasteiger partial charge on any atom is -0.544 e. The van der Waals surface area contributed by atoms with Crippen molar-refractivity contribution in [3.05, 3.63) is 81.3 Å². The largest absolute Gasteiger partial charge is 0.544 e. The average Bonchev–Trinajstić information content (AvgIpc) is 3.06. The number of nitrogens with two attached hydrogens (primary N) is 1. The first-order chi connectivity index (χ1) is 13.5. The highest BCUT2D eigenvalue weighted by Gasteiger charge is 2.36. The molecule has 28 heavy (non-hydrogen) atoms. The molecule has 1 aliphatic heterocycles. The van der Waals surface area contributed by atoms with Gasteiger partial charge in [0, 0.05) is 17.3 Å². The van der Waals surface area contributed by atoms with Crippen molar-refractivity contribution in [1.82, 2.24) is 4.98 Å². The Bertz CT molecular complexity index is 1300. The minimum absolute atomic E-state index is 0.147.